The highest BCUT2D eigenvalue weighted by Gasteiger charge is 2.12. The Morgan fingerprint density at radius 2 is 2.17 bits per heavy atom. The van der Waals surface area contributed by atoms with Gasteiger partial charge in [-0.2, -0.15) is 0 Å². The highest BCUT2D eigenvalue weighted by atomic mass is 79.9. The lowest BCUT2D eigenvalue weighted by Gasteiger charge is -2.12. The van der Waals surface area contributed by atoms with Gasteiger partial charge in [0.15, 0.2) is 5.75 Å². The summed E-state index contributed by atoms with van der Waals surface area (Å²) in [7, 11) is 1.55. The molecule has 1 aromatic carbocycles. The van der Waals surface area contributed by atoms with Gasteiger partial charge in [0.05, 0.1) is 17.3 Å². The van der Waals surface area contributed by atoms with Crippen LogP contribution in [0.2, 0.25) is 5.02 Å². The normalized spacial score (nSPS) is 10.2. The fraction of sp³-hybridized carbons (Fsp3) is 0.417. The minimum Gasteiger partial charge on any atom is -0.493 e. The number of methoxy groups -OCH3 is 1. The van der Waals surface area contributed by atoms with Crippen LogP contribution in [0.15, 0.2) is 16.6 Å². The van der Waals surface area contributed by atoms with E-state index in [1.807, 2.05) is 0 Å². The van der Waals surface area contributed by atoms with Crippen LogP contribution in [0.5, 0.6) is 5.75 Å². The molecule has 1 amide bonds. The molecule has 6 heteroatoms. The monoisotopic (exact) mass is 397 g/mol. The van der Waals surface area contributed by atoms with E-state index in [9.17, 15) is 4.79 Å². The summed E-state index contributed by atoms with van der Waals surface area (Å²) in [6.07, 6.45) is 2.31. The number of benzene rings is 1. The summed E-state index contributed by atoms with van der Waals surface area (Å²) in [5.41, 5.74) is 0.584. The molecule has 0 unspecified atom stereocenters. The van der Waals surface area contributed by atoms with Gasteiger partial charge in [-0.25, -0.2) is 0 Å². The highest BCUT2D eigenvalue weighted by molar-refractivity contribution is 9.10. The first-order chi connectivity index (χ1) is 8.58. The average molecular weight is 400 g/mol. The van der Waals surface area contributed by atoms with Crippen LogP contribution in [-0.2, 0) is 4.79 Å². The van der Waals surface area contributed by atoms with Gasteiger partial charge in [-0.3, -0.25) is 4.79 Å². The number of rotatable bonds is 6. The van der Waals surface area contributed by atoms with Gasteiger partial charge in [-0.15, -0.1) is 0 Å². The predicted molar refractivity (Wildman–Crippen MR) is 82.0 cm³/mol. The van der Waals surface area contributed by atoms with Gasteiger partial charge in [-0.1, -0.05) is 27.5 Å². The molecule has 100 valence electrons. The molecular formula is C12H14Br2ClNO2. The van der Waals surface area contributed by atoms with Crippen molar-refractivity contribution >= 4 is 55.1 Å². The fourth-order valence-corrected chi connectivity index (χ4v) is 2.82. The van der Waals surface area contributed by atoms with Crippen molar-refractivity contribution in [2.45, 2.75) is 19.3 Å². The van der Waals surface area contributed by atoms with Crippen molar-refractivity contribution in [2.75, 3.05) is 17.8 Å². The van der Waals surface area contributed by atoms with Crippen molar-refractivity contribution < 1.29 is 9.53 Å². The summed E-state index contributed by atoms with van der Waals surface area (Å²) in [5, 5.41) is 4.26. The largest absolute Gasteiger partial charge is 0.493 e. The van der Waals surface area contributed by atoms with E-state index in [1.165, 1.54) is 0 Å². The zero-order valence-electron chi connectivity index (χ0n) is 9.93. The molecule has 0 atom stereocenters. The van der Waals surface area contributed by atoms with E-state index in [4.69, 9.17) is 16.3 Å². The molecule has 1 rings (SSSR count). The van der Waals surface area contributed by atoms with Crippen molar-refractivity contribution in [1.29, 1.82) is 0 Å². The van der Waals surface area contributed by atoms with Crippen LogP contribution >= 0.6 is 43.5 Å². The van der Waals surface area contributed by atoms with Crippen molar-refractivity contribution in [3.63, 3.8) is 0 Å². The summed E-state index contributed by atoms with van der Waals surface area (Å²) in [4.78, 5) is 11.7. The maximum atomic E-state index is 11.7. The highest BCUT2D eigenvalue weighted by Crippen LogP contribution is 2.36. The van der Waals surface area contributed by atoms with Gasteiger partial charge >= 0.3 is 0 Å². The van der Waals surface area contributed by atoms with Crippen molar-refractivity contribution in [3.05, 3.63) is 21.6 Å². The minimum atomic E-state index is -0.0385. The predicted octanol–water partition coefficient (Wildman–Crippen LogP) is 4.61. The number of unbranched alkanes of at least 4 members (excludes halogenated alkanes) is 1. The molecule has 0 saturated heterocycles. The molecular weight excluding hydrogens is 385 g/mol. The Morgan fingerprint density at radius 3 is 2.78 bits per heavy atom. The number of nitrogens with one attached hydrogen (secondary N) is 1. The van der Waals surface area contributed by atoms with Crippen molar-refractivity contribution in [3.8, 4) is 5.75 Å². The van der Waals surface area contributed by atoms with Gasteiger partial charge in [0, 0.05) is 16.8 Å². The maximum Gasteiger partial charge on any atom is 0.224 e. The van der Waals surface area contributed by atoms with E-state index in [0.717, 1.165) is 18.2 Å². The van der Waals surface area contributed by atoms with Gasteiger partial charge in [0.1, 0.15) is 0 Å². The molecule has 0 heterocycles. The first-order valence-corrected chi connectivity index (χ1v) is 7.76. The van der Waals surface area contributed by atoms with E-state index >= 15 is 0 Å². The molecule has 0 bridgehead atoms. The standard InChI is InChI=1S/C12H14Br2ClNO2/c1-18-12-9(14)6-8(15)7-10(12)16-11(17)4-2-3-5-13/h6-7H,2-5H2,1H3,(H,16,17). The third-order valence-electron chi connectivity index (χ3n) is 2.27. The Morgan fingerprint density at radius 1 is 1.44 bits per heavy atom. The first-order valence-electron chi connectivity index (χ1n) is 5.47. The van der Waals surface area contributed by atoms with Crippen LogP contribution in [0, 0.1) is 0 Å². The Kier molecular flexibility index (Phi) is 7.04. The molecule has 0 aliphatic rings. The zero-order chi connectivity index (χ0) is 13.5. The van der Waals surface area contributed by atoms with Crippen LogP contribution in [-0.4, -0.2) is 18.3 Å². The number of amides is 1. The number of hydrogen-bond donors (Lipinski definition) is 1. The van der Waals surface area contributed by atoms with Crippen LogP contribution in [0.1, 0.15) is 19.3 Å². The number of ether oxygens (including phenoxy) is 1. The van der Waals surface area contributed by atoms with Gasteiger partial charge < -0.3 is 10.1 Å². The summed E-state index contributed by atoms with van der Waals surface area (Å²) < 4.78 is 5.95. The number of hydrogen-bond acceptors (Lipinski definition) is 2. The molecule has 0 aliphatic heterocycles. The Balaban J connectivity index is 2.74. The molecule has 0 spiro atoms. The molecule has 3 nitrogen and oxygen atoms in total. The van der Waals surface area contributed by atoms with Crippen molar-refractivity contribution in [1.82, 2.24) is 0 Å². The molecule has 1 aromatic rings. The summed E-state index contributed by atoms with van der Waals surface area (Å²) in [6, 6.07) is 3.40. The lowest BCUT2D eigenvalue weighted by atomic mass is 10.2. The van der Waals surface area contributed by atoms with E-state index in [-0.39, 0.29) is 5.91 Å². The summed E-state index contributed by atoms with van der Waals surface area (Å²) >= 11 is 12.6. The lowest BCUT2D eigenvalue weighted by molar-refractivity contribution is -0.116. The average Bonchev–Trinajstić information content (AvgIpc) is 2.28. The third-order valence-corrected chi connectivity index (χ3v) is 3.64. The van der Waals surface area contributed by atoms with Crippen molar-refractivity contribution in [2.24, 2.45) is 0 Å². The molecule has 0 fully saturated rings. The maximum absolute atomic E-state index is 11.7. The second-order valence-corrected chi connectivity index (χ2v) is 5.75. The molecule has 0 aromatic heterocycles. The molecule has 0 saturated carbocycles. The van der Waals surface area contributed by atoms with E-state index in [2.05, 4.69) is 37.2 Å². The van der Waals surface area contributed by atoms with Crippen LogP contribution in [0.3, 0.4) is 0 Å². The summed E-state index contributed by atoms with van der Waals surface area (Å²) in [6.45, 7) is 0. The number of carbonyl (C=O) groups is 1. The van der Waals surface area contributed by atoms with Gasteiger partial charge in [0.25, 0.3) is 0 Å². The zero-order valence-corrected chi connectivity index (χ0v) is 13.9. The van der Waals surface area contributed by atoms with Gasteiger partial charge in [-0.05, 0) is 40.9 Å². The second-order valence-electron chi connectivity index (χ2n) is 3.66. The number of anilines is 1. The summed E-state index contributed by atoms with van der Waals surface area (Å²) in [5.74, 6) is 0.539. The van der Waals surface area contributed by atoms with Crippen LogP contribution in [0.25, 0.3) is 0 Å². The Labute approximate surface area is 128 Å². The fourth-order valence-electron chi connectivity index (χ4n) is 1.45. The topological polar surface area (TPSA) is 38.3 Å². The van der Waals surface area contributed by atoms with E-state index in [0.29, 0.717) is 27.4 Å². The molecule has 0 radical (unpaired) electrons. The van der Waals surface area contributed by atoms with E-state index < -0.39 is 0 Å². The van der Waals surface area contributed by atoms with E-state index in [1.54, 1.807) is 19.2 Å². The quantitative estimate of drug-likeness (QED) is 0.560. The Bertz CT molecular complexity index is 427. The number of carbonyl (C=O) groups excluding carboxylic acids is 1. The first kappa shape index (κ1) is 15.8. The third kappa shape index (κ3) is 4.78. The van der Waals surface area contributed by atoms with Gasteiger partial charge in [0.2, 0.25) is 5.91 Å². The van der Waals surface area contributed by atoms with Crippen LogP contribution < -0.4 is 10.1 Å². The smallest absolute Gasteiger partial charge is 0.224 e. The minimum absolute atomic E-state index is 0.0385. The Hall–Kier alpha value is -0.260. The SMILES string of the molecule is COc1c(Br)cc(Cl)cc1NC(=O)CCCCBr. The second kappa shape index (κ2) is 8.02. The molecule has 18 heavy (non-hydrogen) atoms. The number of alkyl halides is 1. The van der Waals surface area contributed by atoms with Crippen LogP contribution in [0.4, 0.5) is 5.69 Å². The number of halogens is 3. The molecule has 1 N–H and O–H groups in total. The molecule has 0 aliphatic carbocycles. The lowest BCUT2D eigenvalue weighted by Crippen LogP contribution is -2.12.